The van der Waals surface area contributed by atoms with E-state index in [1.165, 1.54) is 4.57 Å². The number of aliphatic hydroxyl groups is 1. The van der Waals surface area contributed by atoms with Crippen molar-refractivity contribution in [2.45, 2.75) is 25.3 Å². The lowest BCUT2D eigenvalue weighted by molar-refractivity contribution is -0.135. The van der Waals surface area contributed by atoms with E-state index in [-0.39, 0.29) is 30.5 Å². The van der Waals surface area contributed by atoms with Crippen LogP contribution in [-0.2, 0) is 16.6 Å². The SMILES string of the molecule is Cn1c(=O)n(C2CCC(=O)NC2=O)c2ccc(N3CC[C@H](CO)C3)cc21. The molecule has 2 aliphatic rings. The Labute approximate surface area is 150 Å². The van der Waals surface area contributed by atoms with E-state index < -0.39 is 11.9 Å². The topological polar surface area (TPSA) is 96.6 Å². The van der Waals surface area contributed by atoms with Crippen molar-refractivity contribution in [3.05, 3.63) is 28.7 Å². The first-order valence-corrected chi connectivity index (χ1v) is 8.90. The molecule has 138 valence electrons. The van der Waals surface area contributed by atoms with Crippen LogP contribution in [0.15, 0.2) is 23.0 Å². The molecule has 26 heavy (non-hydrogen) atoms. The second-order valence-electron chi connectivity index (χ2n) is 7.13. The van der Waals surface area contributed by atoms with Crippen LogP contribution in [0.25, 0.3) is 11.0 Å². The Kier molecular flexibility index (Phi) is 4.07. The van der Waals surface area contributed by atoms with Gasteiger partial charge in [0.2, 0.25) is 11.8 Å². The van der Waals surface area contributed by atoms with Crippen LogP contribution in [0, 0.1) is 5.92 Å². The van der Waals surface area contributed by atoms with Gasteiger partial charge in [-0.15, -0.1) is 0 Å². The van der Waals surface area contributed by atoms with E-state index in [0.717, 1.165) is 30.7 Å². The number of carbonyl (C=O) groups excluding carboxylic acids is 2. The Bertz CT molecular complexity index is 945. The number of imidazole rings is 1. The van der Waals surface area contributed by atoms with Crippen LogP contribution in [0.4, 0.5) is 5.69 Å². The van der Waals surface area contributed by atoms with Crippen LogP contribution in [0.1, 0.15) is 25.3 Å². The summed E-state index contributed by atoms with van der Waals surface area (Å²) < 4.78 is 3.03. The van der Waals surface area contributed by atoms with Gasteiger partial charge in [0.15, 0.2) is 0 Å². The third-order valence-electron chi connectivity index (χ3n) is 5.50. The molecule has 2 saturated heterocycles. The molecule has 2 aliphatic heterocycles. The summed E-state index contributed by atoms with van der Waals surface area (Å²) in [6.45, 7) is 1.85. The van der Waals surface area contributed by atoms with Crippen LogP contribution < -0.4 is 15.9 Å². The number of nitrogens with zero attached hydrogens (tertiary/aromatic N) is 3. The molecule has 8 nitrogen and oxygen atoms in total. The van der Waals surface area contributed by atoms with Crippen molar-refractivity contribution in [2.24, 2.45) is 13.0 Å². The number of piperidine rings is 1. The van der Waals surface area contributed by atoms with Gasteiger partial charge in [-0.25, -0.2) is 4.79 Å². The summed E-state index contributed by atoms with van der Waals surface area (Å²) in [5.74, 6) is -0.442. The van der Waals surface area contributed by atoms with Gasteiger partial charge in [-0.2, -0.15) is 0 Å². The molecule has 0 bridgehead atoms. The monoisotopic (exact) mass is 358 g/mol. The molecule has 2 fully saturated rings. The summed E-state index contributed by atoms with van der Waals surface area (Å²) in [7, 11) is 1.69. The quantitative estimate of drug-likeness (QED) is 0.761. The minimum absolute atomic E-state index is 0.184. The predicted octanol–water partition coefficient (Wildman–Crippen LogP) is 0.136. The van der Waals surface area contributed by atoms with Crippen molar-refractivity contribution in [3.63, 3.8) is 0 Å². The van der Waals surface area contributed by atoms with Crippen LogP contribution in [0.3, 0.4) is 0 Å². The molecule has 2 aromatic rings. The van der Waals surface area contributed by atoms with Gasteiger partial charge >= 0.3 is 5.69 Å². The molecule has 4 rings (SSSR count). The van der Waals surface area contributed by atoms with E-state index >= 15 is 0 Å². The Morgan fingerprint density at radius 2 is 2.00 bits per heavy atom. The first-order chi connectivity index (χ1) is 12.5. The number of benzene rings is 1. The maximum atomic E-state index is 12.8. The third kappa shape index (κ3) is 2.61. The van der Waals surface area contributed by atoms with Crippen LogP contribution in [-0.4, -0.2) is 45.8 Å². The van der Waals surface area contributed by atoms with Crippen molar-refractivity contribution >= 4 is 28.5 Å². The number of rotatable bonds is 3. The van der Waals surface area contributed by atoms with Gasteiger partial charge in [-0.1, -0.05) is 0 Å². The zero-order valence-electron chi connectivity index (χ0n) is 14.6. The third-order valence-corrected chi connectivity index (χ3v) is 5.50. The van der Waals surface area contributed by atoms with Gasteiger partial charge in [0, 0.05) is 44.8 Å². The molecule has 1 aromatic heterocycles. The van der Waals surface area contributed by atoms with Crippen LogP contribution >= 0.6 is 0 Å². The van der Waals surface area contributed by atoms with Gasteiger partial charge in [-0.3, -0.25) is 24.0 Å². The van der Waals surface area contributed by atoms with Gasteiger partial charge in [0.25, 0.3) is 0 Å². The predicted molar refractivity (Wildman–Crippen MR) is 96.0 cm³/mol. The summed E-state index contributed by atoms with van der Waals surface area (Å²) in [4.78, 5) is 38.6. The lowest BCUT2D eigenvalue weighted by Crippen LogP contribution is -2.44. The summed E-state index contributed by atoms with van der Waals surface area (Å²) in [6.07, 6.45) is 1.51. The van der Waals surface area contributed by atoms with E-state index in [2.05, 4.69) is 10.2 Å². The van der Waals surface area contributed by atoms with E-state index in [4.69, 9.17) is 0 Å². The molecule has 2 amide bonds. The summed E-state index contributed by atoms with van der Waals surface area (Å²) in [5, 5.41) is 11.7. The zero-order chi connectivity index (χ0) is 18.4. The lowest BCUT2D eigenvalue weighted by Gasteiger charge is -2.22. The maximum absolute atomic E-state index is 12.8. The summed E-state index contributed by atoms with van der Waals surface area (Å²) >= 11 is 0. The number of hydrogen-bond donors (Lipinski definition) is 2. The second kappa shape index (κ2) is 6.28. The second-order valence-corrected chi connectivity index (χ2v) is 7.13. The number of aryl methyl sites for hydroxylation is 1. The molecule has 0 saturated carbocycles. The summed E-state index contributed by atoms with van der Waals surface area (Å²) in [6, 6.07) is 5.10. The fraction of sp³-hybridized carbons (Fsp3) is 0.500. The highest BCUT2D eigenvalue weighted by atomic mass is 16.3. The molecule has 1 aromatic carbocycles. The average Bonchev–Trinajstić information content (AvgIpc) is 3.20. The highest BCUT2D eigenvalue weighted by Crippen LogP contribution is 2.29. The molecular formula is C18H22N4O4. The van der Waals surface area contributed by atoms with Crippen molar-refractivity contribution < 1.29 is 14.7 Å². The zero-order valence-corrected chi connectivity index (χ0v) is 14.6. The molecular weight excluding hydrogens is 336 g/mol. The van der Waals surface area contributed by atoms with Gasteiger partial charge in [-0.05, 0) is 31.0 Å². The smallest absolute Gasteiger partial charge is 0.329 e. The highest BCUT2D eigenvalue weighted by Gasteiger charge is 2.31. The van der Waals surface area contributed by atoms with Crippen molar-refractivity contribution in [3.8, 4) is 0 Å². The standard InChI is InChI=1S/C18H22N4O4/c1-20-15-8-12(21-7-6-11(9-21)10-23)2-3-13(15)22(18(20)26)14-4-5-16(24)19-17(14)25/h2-3,8,11,14,23H,4-7,9-10H2,1H3,(H,19,24,25)/t11-,14?/m0/s1. The van der Waals surface area contributed by atoms with E-state index in [9.17, 15) is 19.5 Å². The number of hydrogen-bond acceptors (Lipinski definition) is 5. The normalized spacial score (nSPS) is 23.7. The van der Waals surface area contributed by atoms with Crippen molar-refractivity contribution in [1.82, 2.24) is 14.5 Å². The molecule has 3 heterocycles. The minimum Gasteiger partial charge on any atom is -0.396 e. The Morgan fingerprint density at radius 1 is 1.19 bits per heavy atom. The number of anilines is 1. The molecule has 1 unspecified atom stereocenters. The number of aromatic nitrogens is 2. The van der Waals surface area contributed by atoms with Gasteiger partial charge in [0.1, 0.15) is 6.04 Å². The van der Waals surface area contributed by atoms with Crippen LogP contribution in [0.2, 0.25) is 0 Å². The molecule has 0 aliphatic carbocycles. The number of amides is 2. The first kappa shape index (κ1) is 16.8. The average molecular weight is 358 g/mol. The number of nitrogens with one attached hydrogen (secondary N) is 1. The number of fused-ring (bicyclic) bond motifs is 1. The fourth-order valence-corrected chi connectivity index (χ4v) is 3.99. The van der Waals surface area contributed by atoms with E-state index in [1.807, 2.05) is 18.2 Å². The van der Waals surface area contributed by atoms with Crippen molar-refractivity contribution in [2.75, 3.05) is 24.6 Å². The van der Waals surface area contributed by atoms with Crippen LogP contribution in [0.5, 0.6) is 0 Å². The minimum atomic E-state index is -0.666. The fourth-order valence-electron chi connectivity index (χ4n) is 3.99. The van der Waals surface area contributed by atoms with E-state index in [1.54, 1.807) is 11.6 Å². The summed E-state index contributed by atoms with van der Waals surface area (Å²) in [5.41, 5.74) is 2.18. The molecule has 2 atom stereocenters. The lowest BCUT2D eigenvalue weighted by atomic mass is 10.1. The van der Waals surface area contributed by atoms with Gasteiger partial charge < -0.3 is 10.0 Å². The Balaban J connectivity index is 1.75. The van der Waals surface area contributed by atoms with Gasteiger partial charge in [0.05, 0.1) is 11.0 Å². The maximum Gasteiger partial charge on any atom is 0.329 e. The highest BCUT2D eigenvalue weighted by molar-refractivity contribution is 6.00. The number of aliphatic hydroxyl groups excluding tert-OH is 1. The Morgan fingerprint density at radius 3 is 2.69 bits per heavy atom. The largest absolute Gasteiger partial charge is 0.396 e. The Hall–Kier alpha value is -2.61. The first-order valence-electron chi connectivity index (χ1n) is 8.90. The molecule has 0 spiro atoms. The van der Waals surface area contributed by atoms with Crippen molar-refractivity contribution in [1.29, 1.82) is 0 Å². The molecule has 8 heteroatoms. The number of imide groups is 1. The molecule has 0 radical (unpaired) electrons. The number of carbonyl (C=O) groups is 2. The van der Waals surface area contributed by atoms with E-state index in [0.29, 0.717) is 11.9 Å². The molecule has 2 N–H and O–H groups in total.